The highest BCUT2D eigenvalue weighted by Crippen LogP contribution is 2.48. The molecule has 2 aromatic carbocycles. The van der Waals surface area contributed by atoms with Crippen molar-refractivity contribution in [1.29, 1.82) is 0 Å². The van der Waals surface area contributed by atoms with Crippen LogP contribution < -0.4 is 20.9 Å². The predicted octanol–water partition coefficient (Wildman–Crippen LogP) is 3.08. The van der Waals surface area contributed by atoms with Gasteiger partial charge in [0.15, 0.2) is 11.9 Å². The number of carbonyl (C=O) groups is 1. The summed E-state index contributed by atoms with van der Waals surface area (Å²) in [6.45, 7) is 3.45. The fourth-order valence-electron chi connectivity index (χ4n) is 4.19. The number of esters is 1. The number of hydrogen-bond donors (Lipinski definition) is 3. The van der Waals surface area contributed by atoms with Crippen LogP contribution in [0.4, 0.5) is 4.39 Å². The molecule has 1 aliphatic heterocycles. The van der Waals surface area contributed by atoms with Gasteiger partial charge < -0.3 is 19.1 Å². The van der Waals surface area contributed by atoms with E-state index in [1.807, 2.05) is 6.07 Å². The van der Waals surface area contributed by atoms with Gasteiger partial charge in [-0.2, -0.15) is 5.09 Å². The quantitative estimate of drug-likeness (QED) is 0.206. The van der Waals surface area contributed by atoms with Crippen LogP contribution in [-0.4, -0.2) is 51.2 Å². The van der Waals surface area contributed by atoms with Crippen LogP contribution >= 0.6 is 7.75 Å². The number of halogens is 1. The van der Waals surface area contributed by atoms with Crippen LogP contribution in [0.15, 0.2) is 82.5 Å². The van der Waals surface area contributed by atoms with Crippen LogP contribution in [0, 0.1) is 5.92 Å². The number of aromatic amines is 1. The first-order valence-corrected chi connectivity index (χ1v) is 14.6. The molecule has 1 aromatic heterocycles. The van der Waals surface area contributed by atoms with E-state index in [2.05, 4.69) is 5.09 Å². The number of alkyl halides is 1. The van der Waals surface area contributed by atoms with Crippen LogP contribution in [0.2, 0.25) is 0 Å². The third-order valence-electron chi connectivity index (χ3n) is 6.50. The topological polar surface area (TPSA) is 158 Å². The number of carbonyl (C=O) groups excluding carboxylic acids is 1. The molecule has 14 heteroatoms. The van der Waals surface area contributed by atoms with Gasteiger partial charge in [-0.05, 0) is 30.5 Å². The standard InChI is InChI=1S/C28H33FN3O9P/c1-18(2)23(25(35)38-16-19-10-6-4-7-11-19)31-42(37,41-20-12-8-5-9-13-20)39-17-21-24(34)28(3,29)26(40-21)32-15-14-22(33)30-27(32)36/h4-15,18,21,23-24,26,34H,16-17H2,1-3H3,(H,31,37)(H,30,33,36)/t21-,23?,24-,26-,28-,42?/m1/s1/i14D,15D. The molecule has 4 rings (SSSR count). The van der Waals surface area contributed by atoms with Crippen molar-refractivity contribution in [2.75, 3.05) is 6.61 Å². The summed E-state index contributed by atoms with van der Waals surface area (Å²) in [7, 11) is -4.49. The maximum absolute atomic E-state index is 15.8. The molecule has 2 unspecified atom stereocenters. The third-order valence-corrected chi connectivity index (χ3v) is 8.03. The number of aromatic nitrogens is 2. The van der Waals surface area contributed by atoms with Gasteiger partial charge in [-0.15, -0.1) is 0 Å². The van der Waals surface area contributed by atoms with Gasteiger partial charge in [0.1, 0.15) is 30.6 Å². The first-order valence-electron chi connectivity index (χ1n) is 14.1. The Labute approximate surface area is 243 Å². The summed E-state index contributed by atoms with van der Waals surface area (Å²) in [4.78, 5) is 39.0. The SMILES string of the molecule is [2H]c1c([2H])n([C@@H]2O[C@H](COP(=O)(NC(C(=O)OCc3ccccc3)C(C)C)Oc3ccccc3)[C@@H](O)[C@@]2(C)F)c(=O)[nH]c1=O. The number of rotatable bonds is 12. The fourth-order valence-corrected chi connectivity index (χ4v) is 5.85. The fraction of sp³-hybridized carbons (Fsp3) is 0.393. The van der Waals surface area contributed by atoms with E-state index in [0.29, 0.717) is 4.57 Å². The predicted molar refractivity (Wildman–Crippen MR) is 149 cm³/mol. The molecule has 0 saturated carbocycles. The van der Waals surface area contributed by atoms with Gasteiger partial charge >= 0.3 is 19.4 Å². The second kappa shape index (κ2) is 13.1. The molecule has 6 atom stereocenters. The Morgan fingerprint density at radius 1 is 1.21 bits per heavy atom. The number of benzene rings is 2. The molecule has 1 fully saturated rings. The Morgan fingerprint density at radius 3 is 2.50 bits per heavy atom. The number of H-pyrrole nitrogens is 1. The smallest absolute Gasteiger partial charge is 0.459 e. The summed E-state index contributed by atoms with van der Waals surface area (Å²) < 4.78 is 68.2. The van der Waals surface area contributed by atoms with Gasteiger partial charge in [0.25, 0.3) is 5.56 Å². The van der Waals surface area contributed by atoms with E-state index in [1.165, 1.54) is 12.1 Å². The summed E-state index contributed by atoms with van der Waals surface area (Å²) in [5.41, 5.74) is -4.37. The van der Waals surface area contributed by atoms with Crippen molar-refractivity contribution in [1.82, 2.24) is 14.6 Å². The molecule has 3 N–H and O–H groups in total. The highest BCUT2D eigenvalue weighted by Gasteiger charge is 2.56. The van der Waals surface area contributed by atoms with Crippen LogP contribution in [0.1, 0.15) is 35.3 Å². The van der Waals surface area contributed by atoms with Crippen molar-refractivity contribution in [3.05, 3.63) is 99.3 Å². The molecule has 226 valence electrons. The molecule has 0 spiro atoms. The van der Waals surface area contributed by atoms with Gasteiger partial charge in [0.05, 0.1) is 9.35 Å². The minimum Gasteiger partial charge on any atom is -0.460 e. The van der Waals surface area contributed by atoms with Gasteiger partial charge in [0.2, 0.25) is 0 Å². The second-order valence-electron chi connectivity index (χ2n) is 10.1. The molecular formula is C28H33FN3O9P. The van der Waals surface area contributed by atoms with Crippen molar-refractivity contribution >= 4 is 13.7 Å². The van der Waals surface area contributed by atoms with E-state index >= 15 is 4.39 Å². The van der Waals surface area contributed by atoms with Gasteiger partial charge in [0, 0.05) is 12.2 Å². The largest absolute Gasteiger partial charge is 0.460 e. The molecule has 1 aliphatic rings. The van der Waals surface area contributed by atoms with Gasteiger partial charge in [-0.3, -0.25) is 23.7 Å². The zero-order chi connectivity index (χ0) is 32.2. The number of nitrogens with one attached hydrogen (secondary N) is 2. The monoisotopic (exact) mass is 607 g/mol. The molecular weight excluding hydrogens is 572 g/mol. The number of nitrogens with zero attached hydrogens (tertiary/aromatic N) is 1. The normalized spacial score (nSPS) is 24.9. The summed E-state index contributed by atoms with van der Waals surface area (Å²) in [5, 5.41) is 13.4. The summed E-state index contributed by atoms with van der Waals surface area (Å²) in [6.07, 6.45) is -6.44. The molecule has 0 aliphatic carbocycles. The van der Waals surface area contributed by atoms with E-state index < -0.39 is 79.9 Å². The lowest BCUT2D eigenvalue weighted by Crippen LogP contribution is -2.44. The molecule has 1 saturated heterocycles. The molecule has 2 heterocycles. The molecule has 0 radical (unpaired) electrons. The van der Waals surface area contributed by atoms with E-state index in [1.54, 1.807) is 61.3 Å². The van der Waals surface area contributed by atoms with Crippen LogP contribution in [0.5, 0.6) is 5.75 Å². The van der Waals surface area contributed by atoms with Crippen LogP contribution in [0.25, 0.3) is 0 Å². The Morgan fingerprint density at radius 2 is 1.86 bits per heavy atom. The highest BCUT2D eigenvalue weighted by molar-refractivity contribution is 7.52. The lowest BCUT2D eigenvalue weighted by atomic mass is 9.98. The maximum atomic E-state index is 15.8. The number of aliphatic hydroxyl groups is 1. The molecule has 0 bridgehead atoms. The number of hydrogen-bond acceptors (Lipinski definition) is 9. The van der Waals surface area contributed by atoms with E-state index in [-0.39, 0.29) is 12.4 Å². The number of para-hydroxylation sites is 1. The average molecular weight is 608 g/mol. The number of ether oxygens (including phenoxy) is 2. The van der Waals surface area contributed by atoms with Crippen molar-refractivity contribution in [3.63, 3.8) is 0 Å². The minimum absolute atomic E-state index is 0.0456. The Kier molecular flexibility index (Phi) is 8.92. The molecule has 3 aromatic rings. The van der Waals surface area contributed by atoms with Crippen molar-refractivity contribution in [2.45, 2.75) is 57.5 Å². The van der Waals surface area contributed by atoms with Gasteiger partial charge in [-0.25, -0.2) is 13.8 Å². The Hall–Kier alpha value is -3.61. The molecule has 12 nitrogen and oxygen atoms in total. The first-order chi connectivity index (χ1) is 20.7. The van der Waals surface area contributed by atoms with E-state index in [9.17, 15) is 24.1 Å². The Balaban J connectivity index is 1.56. The number of aliphatic hydroxyl groups excluding tert-OH is 1. The minimum atomic E-state index is -4.49. The van der Waals surface area contributed by atoms with E-state index in [4.69, 9.17) is 21.3 Å². The first kappa shape index (κ1) is 28.5. The third kappa shape index (κ3) is 7.42. The van der Waals surface area contributed by atoms with E-state index in [0.717, 1.165) is 12.5 Å². The second-order valence-corrected chi connectivity index (χ2v) is 11.8. The molecule has 0 amide bonds. The summed E-state index contributed by atoms with van der Waals surface area (Å²) in [5.74, 6) is -1.11. The lowest BCUT2D eigenvalue weighted by Gasteiger charge is -2.27. The average Bonchev–Trinajstić information content (AvgIpc) is 3.21. The van der Waals surface area contributed by atoms with Crippen molar-refractivity contribution < 1.29 is 40.1 Å². The highest BCUT2D eigenvalue weighted by atomic mass is 31.2. The lowest BCUT2D eigenvalue weighted by molar-refractivity contribution is -0.148. The van der Waals surface area contributed by atoms with Crippen molar-refractivity contribution in [3.8, 4) is 5.75 Å². The Bertz CT molecular complexity index is 1620. The van der Waals surface area contributed by atoms with Gasteiger partial charge in [-0.1, -0.05) is 62.4 Å². The zero-order valence-electron chi connectivity index (χ0n) is 25.1. The molecule has 42 heavy (non-hydrogen) atoms. The van der Waals surface area contributed by atoms with Crippen molar-refractivity contribution in [2.24, 2.45) is 5.92 Å². The van der Waals surface area contributed by atoms with Crippen LogP contribution in [0.3, 0.4) is 0 Å². The zero-order valence-corrected chi connectivity index (χ0v) is 24.0. The maximum Gasteiger partial charge on any atom is 0.459 e. The van der Waals surface area contributed by atoms with Crippen LogP contribution in [-0.2, 0) is 30.0 Å². The summed E-state index contributed by atoms with van der Waals surface area (Å²) >= 11 is 0. The summed E-state index contributed by atoms with van der Waals surface area (Å²) in [6, 6.07) is 14.7.